The fourth-order valence-corrected chi connectivity index (χ4v) is 3.36. The Balaban J connectivity index is 1.83. The second-order valence-electron chi connectivity index (χ2n) is 7.14. The number of nitrogens with one attached hydrogen (secondary N) is 1. The van der Waals surface area contributed by atoms with Crippen LogP contribution in [0.15, 0.2) is 29.3 Å². The maximum atomic E-state index is 12.1. The Morgan fingerprint density at radius 2 is 2.00 bits per heavy atom. The predicted octanol–water partition coefficient (Wildman–Crippen LogP) is 1.78. The van der Waals surface area contributed by atoms with Gasteiger partial charge in [-0.25, -0.2) is 0 Å². The minimum absolute atomic E-state index is 0.00807. The maximum absolute atomic E-state index is 12.1. The quantitative estimate of drug-likeness (QED) is 0.457. The van der Waals surface area contributed by atoms with E-state index in [1.165, 1.54) is 0 Å². The van der Waals surface area contributed by atoms with Gasteiger partial charge in [0.2, 0.25) is 0 Å². The molecule has 7 heteroatoms. The summed E-state index contributed by atoms with van der Waals surface area (Å²) >= 11 is 0. The lowest BCUT2D eigenvalue weighted by Crippen LogP contribution is -2.47. The van der Waals surface area contributed by atoms with E-state index in [0.29, 0.717) is 12.2 Å². The largest absolute Gasteiger partial charge is 0.466 e. The van der Waals surface area contributed by atoms with Crippen LogP contribution >= 0.6 is 0 Å². The maximum Gasteiger partial charge on any atom is 0.309 e. The fraction of sp³-hybridized carbons (Fsp3) is 0.571. The van der Waals surface area contributed by atoms with E-state index in [9.17, 15) is 9.59 Å². The van der Waals surface area contributed by atoms with E-state index in [4.69, 9.17) is 4.74 Å². The Labute approximate surface area is 167 Å². The van der Waals surface area contributed by atoms with Gasteiger partial charge in [-0.1, -0.05) is 12.1 Å². The van der Waals surface area contributed by atoms with E-state index in [1.807, 2.05) is 31.2 Å². The SMILES string of the molecule is CCOC(=O)C1CCN(C(=NC)NCCc2cccc(C(=O)N(C)C)c2)CC1. The van der Waals surface area contributed by atoms with Gasteiger partial charge in [0.25, 0.3) is 5.91 Å². The molecule has 154 valence electrons. The van der Waals surface area contributed by atoms with E-state index >= 15 is 0 Å². The Morgan fingerprint density at radius 3 is 2.61 bits per heavy atom. The molecule has 1 fully saturated rings. The van der Waals surface area contributed by atoms with Crippen LogP contribution in [-0.4, -0.2) is 75.0 Å². The van der Waals surface area contributed by atoms with Gasteiger partial charge in [-0.3, -0.25) is 14.6 Å². The zero-order valence-corrected chi connectivity index (χ0v) is 17.4. The van der Waals surface area contributed by atoms with Crippen LogP contribution in [0.1, 0.15) is 35.7 Å². The molecular formula is C21H32N4O3. The van der Waals surface area contributed by atoms with Crippen LogP contribution < -0.4 is 5.32 Å². The van der Waals surface area contributed by atoms with Crippen molar-refractivity contribution in [2.75, 3.05) is 47.4 Å². The number of nitrogens with zero attached hydrogens (tertiary/aromatic N) is 3. The molecule has 0 aromatic heterocycles. The molecule has 1 heterocycles. The zero-order valence-electron chi connectivity index (χ0n) is 17.4. The number of benzene rings is 1. The van der Waals surface area contributed by atoms with Gasteiger partial charge < -0.3 is 19.9 Å². The van der Waals surface area contributed by atoms with Crippen LogP contribution in [0.2, 0.25) is 0 Å². The number of amides is 1. The molecule has 7 nitrogen and oxygen atoms in total. The number of ether oxygens (including phenoxy) is 1. The molecule has 0 saturated carbocycles. The summed E-state index contributed by atoms with van der Waals surface area (Å²) in [7, 11) is 5.29. The first-order valence-electron chi connectivity index (χ1n) is 9.89. The van der Waals surface area contributed by atoms with Gasteiger partial charge in [0, 0.05) is 46.3 Å². The molecule has 1 aromatic carbocycles. The van der Waals surface area contributed by atoms with Crippen LogP contribution in [0.4, 0.5) is 0 Å². The van der Waals surface area contributed by atoms with E-state index in [2.05, 4.69) is 15.2 Å². The smallest absolute Gasteiger partial charge is 0.309 e. The molecule has 1 saturated heterocycles. The Hall–Kier alpha value is -2.57. The third-order valence-electron chi connectivity index (χ3n) is 4.90. The average molecular weight is 389 g/mol. The first kappa shape index (κ1) is 21.7. The molecule has 1 aromatic rings. The van der Waals surface area contributed by atoms with Crippen molar-refractivity contribution in [1.82, 2.24) is 15.1 Å². The molecule has 1 N–H and O–H groups in total. The second kappa shape index (κ2) is 10.7. The van der Waals surface area contributed by atoms with Crippen LogP contribution in [0, 0.1) is 5.92 Å². The molecule has 1 amide bonds. The number of piperidine rings is 1. The minimum Gasteiger partial charge on any atom is -0.466 e. The minimum atomic E-state index is -0.0859. The summed E-state index contributed by atoms with van der Waals surface area (Å²) in [6.45, 7) is 4.57. The van der Waals surface area contributed by atoms with E-state index < -0.39 is 0 Å². The topological polar surface area (TPSA) is 74.2 Å². The Bertz CT molecular complexity index is 695. The molecule has 0 unspecified atom stereocenters. The third-order valence-corrected chi connectivity index (χ3v) is 4.90. The number of likely N-dealkylation sites (tertiary alicyclic amines) is 1. The summed E-state index contributed by atoms with van der Waals surface area (Å²) in [5.74, 6) is 0.765. The van der Waals surface area contributed by atoms with Crippen LogP contribution in [0.3, 0.4) is 0 Å². The van der Waals surface area contributed by atoms with Crippen LogP contribution in [0.25, 0.3) is 0 Å². The van der Waals surface area contributed by atoms with Crippen LogP contribution in [0.5, 0.6) is 0 Å². The zero-order chi connectivity index (χ0) is 20.5. The summed E-state index contributed by atoms with van der Waals surface area (Å²) in [5, 5.41) is 3.39. The van der Waals surface area contributed by atoms with Crippen molar-refractivity contribution >= 4 is 17.8 Å². The third kappa shape index (κ3) is 5.97. The number of rotatable bonds is 6. The molecule has 1 aliphatic rings. The van der Waals surface area contributed by atoms with Crippen molar-refractivity contribution < 1.29 is 14.3 Å². The molecule has 28 heavy (non-hydrogen) atoms. The summed E-state index contributed by atoms with van der Waals surface area (Å²) in [5.41, 5.74) is 1.81. The average Bonchev–Trinajstić information content (AvgIpc) is 2.71. The highest BCUT2D eigenvalue weighted by atomic mass is 16.5. The number of guanidine groups is 1. The van der Waals surface area contributed by atoms with Gasteiger partial charge in [0.05, 0.1) is 12.5 Å². The molecule has 0 atom stereocenters. The Kier molecular flexibility index (Phi) is 8.29. The van der Waals surface area contributed by atoms with E-state index in [0.717, 1.165) is 50.4 Å². The Morgan fingerprint density at radius 1 is 1.29 bits per heavy atom. The second-order valence-corrected chi connectivity index (χ2v) is 7.14. The monoisotopic (exact) mass is 388 g/mol. The summed E-state index contributed by atoms with van der Waals surface area (Å²) in [4.78, 5) is 32.1. The highest BCUT2D eigenvalue weighted by Gasteiger charge is 2.27. The number of esters is 1. The summed E-state index contributed by atoms with van der Waals surface area (Å²) < 4.78 is 5.13. The molecule has 2 rings (SSSR count). The highest BCUT2D eigenvalue weighted by molar-refractivity contribution is 5.94. The van der Waals surface area contributed by atoms with Gasteiger partial charge in [0.1, 0.15) is 0 Å². The van der Waals surface area contributed by atoms with Crippen molar-refractivity contribution in [2.45, 2.75) is 26.2 Å². The number of carbonyl (C=O) groups excluding carboxylic acids is 2. The lowest BCUT2D eigenvalue weighted by Gasteiger charge is -2.33. The summed E-state index contributed by atoms with van der Waals surface area (Å²) in [6.07, 6.45) is 2.37. The van der Waals surface area contributed by atoms with Crippen molar-refractivity contribution in [3.8, 4) is 0 Å². The number of aliphatic imine (C=N–C) groups is 1. The molecule has 0 bridgehead atoms. The summed E-state index contributed by atoms with van der Waals surface area (Å²) in [6, 6.07) is 7.73. The van der Waals surface area contributed by atoms with Gasteiger partial charge in [-0.2, -0.15) is 0 Å². The number of hydrogen-bond acceptors (Lipinski definition) is 4. The number of hydrogen-bond donors (Lipinski definition) is 1. The van der Waals surface area contributed by atoms with Crippen molar-refractivity contribution in [1.29, 1.82) is 0 Å². The van der Waals surface area contributed by atoms with Gasteiger partial charge in [0.15, 0.2) is 5.96 Å². The number of carbonyl (C=O) groups is 2. The van der Waals surface area contributed by atoms with E-state index in [1.54, 1.807) is 26.0 Å². The first-order valence-corrected chi connectivity index (χ1v) is 9.89. The van der Waals surface area contributed by atoms with Gasteiger partial charge in [-0.15, -0.1) is 0 Å². The van der Waals surface area contributed by atoms with Crippen molar-refractivity contribution in [3.63, 3.8) is 0 Å². The fourth-order valence-electron chi connectivity index (χ4n) is 3.36. The highest BCUT2D eigenvalue weighted by Crippen LogP contribution is 2.18. The molecule has 0 spiro atoms. The standard InChI is InChI=1S/C21H32N4O3/c1-5-28-20(27)17-10-13-25(14-11-17)21(22-2)23-12-9-16-7-6-8-18(15-16)19(26)24(3)4/h6-8,15,17H,5,9-14H2,1-4H3,(H,22,23). The van der Waals surface area contributed by atoms with E-state index in [-0.39, 0.29) is 17.8 Å². The lowest BCUT2D eigenvalue weighted by atomic mass is 9.97. The normalized spacial score (nSPS) is 15.3. The first-order chi connectivity index (χ1) is 13.5. The predicted molar refractivity (Wildman–Crippen MR) is 110 cm³/mol. The molecule has 0 aliphatic carbocycles. The lowest BCUT2D eigenvalue weighted by molar-refractivity contribution is -0.149. The molecular weight excluding hydrogens is 356 g/mol. The van der Waals surface area contributed by atoms with Gasteiger partial charge in [-0.05, 0) is 43.9 Å². The van der Waals surface area contributed by atoms with Crippen LogP contribution in [-0.2, 0) is 16.0 Å². The molecule has 1 aliphatic heterocycles. The van der Waals surface area contributed by atoms with Crippen molar-refractivity contribution in [3.05, 3.63) is 35.4 Å². The van der Waals surface area contributed by atoms with Gasteiger partial charge >= 0.3 is 5.97 Å². The molecule has 0 radical (unpaired) electrons. The van der Waals surface area contributed by atoms with Crippen molar-refractivity contribution in [2.24, 2.45) is 10.9 Å².